The van der Waals surface area contributed by atoms with Crippen molar-refractivity contribution in [2.75, 3.05) is 0 Å². The maximum Gasteiger partial charge on any atom is 0.0807 e. The third kappa shape index (κ3) is 7.78. The van der Waals surface area contributed by atoms with Gasteiger partial charge >= 0.3 is 0 Å². The predicted octanol–water partition coefficient (Wildman–Crippen LogP) is 13.7. The average Bonchev–Trinajstić information content (AvgIpc) is 3.91. The molecule has 6 aromatic rings. The second-order valence-corrected chi connectivity index (χ2v) is 14.7. The van der Waals surface area contributed by atoms with Gasteiger partial charge in [0.25, 0.3) is 0 Å². The Morgan fingerprint density at radius 1 is 0.457 bits per heavy atom. The van der Waals surface area contributed by atoms with Crippen LogP contribution in [0, 0.1) is 0 Å². The maximum absolute atomic E-state index is 2.44. The van der Waals surface area contributed by atoms with Crippen molar-refractivity contribution in [2.24, 2.45) is 0 Å². The fourth-order valence-corrected chi connectivity index (χ4v) is 8.22. The van der Waals surface area contributed by atoms with Gasteiger partial charge in [0.15, 0.2) is 0 Å². The molecule has 0 N–H and O–H groups in total. The first-order valence-corrected chi connectivity index (χ1v) is 19.6. The molecule has 0 saturated carbocycles. The number of aromatic nitrogens is 2. The summed E-state index contributed by atoms with van der Waals surface area (Å²) in [6.07, 6.45) is 23.2. The van der Waals surface area contributed by atoms with E-state index < -0.39 is 0 Å². The molecule has 0 amide bonds. The molecule has 46 heavy (non-hydrogen) atoms. The van der Waals surface area contributed by atoms with Crippen LogP contribution in [0.2, 0.25) is 0 Å². The Hall–Kier alpha value is -3.34. The zero-order valence-electron chi connectivity index (χ0n) is 27.8. The van der Waals surface area contributed by atoms with Crippen LogP contribution in [0.15, 0.2) is 96.0 Å². The molecular formula is C42H50N2S2. The minimum atomic E-state index is 1.17. The van der Waals surface area contributed by atoms with E-state index in [2.05, 4.69) is 119 Å². The minimum Gasteiger partial charge on any atom is -0.314 e. The highest BCUT2D eigenvalue weighted by atomic mass is 32.1. The summed E-state index contributed by atoms with van der Waals surface area (Å²) in [5.41, 5.74) is 10.5. The van der Waals surface area contributed by atoms with E-state index in [9.17, 15) is 0 Å². The summed E-state index contributed by atoms with van der Waals surface area (Å²) in [4.78, 5) is 2.61. The van der Waals surface area contributed by atoms with Crippen LogP contribution in [0.3, 0.4) is 0 Å². The van der Waals surface area contributed by atoms with E-state index in [1.807, 2.05) is 22.7 Å². The molecule has 0 saturated heterocycles. The lowest BCUT2D eigenvalue weighted by Crippen LogP contribution is -1.93. The molecule has 2 nitrogen and oxygen atoms in total. The zero-order chi connectivity index (χ0) is 31.6. The smallest absolute Gasteiger partial charge is 0.0807 e. The van der Waals surface area contributed by atoms with Gasteiger partial charge in [-0.2, -0.15) is 0 Å². The van der Waals surface area contributed by atoms with E-state index in [1.54, 1.807) is 0 Å². The molecule has 240 valence electrons. The van der Waals surface area contributed by atoms with Gasteiger partial charge in [-0.15, -0.1) is 22.7 Å². The molecule has 0 fully saturated rings. The Labute approximate surface area is 284 Å². The van der Waals surface area contributed by atoms with Gasteiger partial charge in [0.2, 0.25) is 0 Å². The first kappa shape index (κ1) is 32.6. The molecular weight excluding hydrogens is 597 g/mol. The number of rotatable bonds is 18. The van der Waals surface area contributed by atoms with Crippen molar-refractivity contribution < 1.29 is 0 Å². The van der Waals surface area contributed by atoms with Crippen molar-refractivity contribution in [2.45, 2.75) is 104 Å². The third-order valence-corrected chi connectivity index (χ3v) is 11.2. The number of hydrogen-bond acceptors (Lipinski definition) is 2. The Bertz CT molecular complexity index is 1600. The summed E-state index contributed by atoms with van der Waals surface area (Å²) >= 11 is 3.65. The van der Waals surface area contributed by atoms with Crippen molar-refractivity contribution in [1.29, 1.82) is 0 Å². The fourth-order valence-electron chi connectivity index (χ4n) is 6.75. The summed E-state index contributed by atoms with van der Waals surface area (Å²) < 4.78 is 4.88. The Morgan fingerprint density at radius 3 is 1.22 bits per heavy atom. The zero-order valence-corrected chi connectivity index (χ0v) is 29.5. The number of aryl methyl sites for hydroxylation is 2. The maximum atomic E-state index is 2.44. The van der Waals surface area contributed by atoms with Gasteiger partial charge in [-0.3, -0.25) is 0 Å². The van der Waals surface area contributed by atoms with Gasteiger partial charge in [-0.05, 0) is 84.0 Å². The average molecular weight is 647 g/mol. The first-order chi connectivity index (χ1) is 22.8. The van der Waals surface area contributed by atoms with Crippen LogP contribution in [0.1, 0.15) is 102 Å². The van der Waals surface area contributed by atoms with Gasteiger partial charge in [0.05, 0.1) is 11.0 Å². The van der Waals surface area contributed by atoms with E-state index in [-0.39, 0.29) is 0 Å². The molecule has 0 atom stereocenters. The van der Waals surface area contributed by atoms with Crippen molar-refractivity contribution in [3.05, 3.63) is 107 Å². The summed E-state index contributed by atoms with van der Waals surface area (Å²) in [6, 6.07) is 27.6. The summed E-state index contributed by atoms with van der Waals surface area (Å²) in [5.74, 6) is 0. The van der Waals surface area contributed by atoms with Gasteiger partial charge in [-0.25, -0.2) is 0 Å². The van der Waals surface area contributed by atoms with E-state index in [1.165, 1.54) is 144 Å². The number of thiophene rings is 2. The van der Waals surface area contributed by atoms with E-state index in [4.69, 9.17) is 0 Å². The molecule has 6 rings (SSSR count). The molecule has 4 heterocycles. The highest BCUT2D eigenvalue weighted by molar-refractivity contribution is 7.14. The van der Waals surface area contributed by atoms with Gasteiger partial charge in [-0.1, -0.05) is 114 Å². The van der Waals surface area contributed by atoms with Crippen LogP contribution >= 0.6 is 22.7 Å². The molecule has 4 aromatic heterocycles. The third-order valence-electron chi connectivity index (χ3n) is 9.37. The van der Waals surface area contributed by atoms with E-state index >= 15 is 0 Å². The highest BCUT2D eigenvalue weighted by Gasteiger charge is 2.23. The van der Waals surface area contributed by atoms with Crippen LogP contribution < -0.4 is 0 Å². The summed E-state index contributed by atoms with van der Waals surface area (Å²) in [6.45, 7) is 4.58. The largest absolute Gasteiger partial charge is 0.314 e. The summed E-state index contributed by atoms with van der Waals surface area (Å²) in [7, 11) is 0. The molecule has 0 radical (unpaired) electrons. The van der Waals surface area contributed by atoms with Crippen LogP contribution in [0.25, 0.3) is 43.3 Å². The van der Waals surface area contributed by atoms with E-state index in [0.29, 0.717) is 0 Å². The molecule has 0 aliphatic carbocycles. The Balaban J connectivity index is 1.32. The first-order valence-electron chi connectivity index (χ1n) is 17.8. The molecule has 0 aliphatic heterocycles. The minimum absolute atomic E-state index is 1.17. The quantitative estimate of drug-likeness (QED) is 0.0822. The fraction of sp³-hybridized carbons (Fsp3) is 0.381. The molecule has 0 bridgehead atoms. The molecule has 0 unspecified atom stereocenters. The number of fused-ring (bicyclic) bond motifs is 1. The predicted molar refractivity (Wildman–Crippen MR) is 203 cm³/mol. The molecule has 0 aliphatic rings. The van der Waals surface area contributed by atoms with Gasteiger partial charge in [0.1, 0.15) is 0 Å². The van der Waals surface area contributed by atoms with Gasteiger partial charge < -0.3 is 9.13 Å². The van der Waals surface area contributed by atoms with Crippen molar-refractivity contribution >= 4 is 33.7 Å². The lowest BCUT2D eigenvalue weighted by molar-refractivity contribution is 0.607. The van der Waals surface area contributed by atoms with Crippen LogP contribution in [-0.2, 0) is 12.8 Å². The monoisotopic (exact) mass is 646 g/mol. The highest BCUT2D eigenvalue weighted by Crippen LogP contribution is 2.43. The summed E-state index contributed by atoms with van der Waals surface area (Å²) in [5, 5.41) is 4.39. The molecule has 2 aromatic carbocycles. The topological polar surface area (TPSA) is 9.86 Å². The Morgan fingerprint density at radius 2 is 0.848 bits per heavy atom. The normalized spacial score (nSPS) is 11.6. The molecule has 0 spiro atoms. The van der Waals surface area contributed by atoms with Crippen molar-refractivity contribution in [3.8, 4) is 32.3 Å². The van der Waals surface area contributed by atoms with Crippen LogP contribution in [0.5, 0.6) is 0 Å². The van der Waals surface area contributed by atoms with Gasteiger partial charge in [0, 0.05) is 44.6 Å². The second kappa shape index (κ2) is 16.5. The lowest BCUT2D eigenvalue weighted by atomic mass is 10.0. The van der Waals surface area contributed by atoms with Crippen LogP contribution in [0.4, 0.5) is 0 Å². The Kier molecular flexibility index (Phi) is 11.7. The standard InChI is InChI=1S/C42H50N2S2/c1-3-5-7-9-11-13-17-33-21-25-35(26-22-33)43-31-37(39-19-15-29-45-39)42-41(43)38(40-20-16-30-46-40)32-44(42)36-27-23-34(24-28-36)18-14-12-10-8-6-4-2/h15-16,19-32H,3-14,17-18H2,1-2H3. The van der Waals surface area contributed by atoms with E-state index in [0.717, 1.165) is 0 Å². The number of nitrogens with zero attached hydrogens (tertiary/aromatic N) is 2. The van der Waals surface area contributed by atoms with Crippen LogP contribution in [-0.4, -0.2) is 9.13 Å². The van der Waals surface area contributed by atoms with Crippen molar-refractivity contribution in [1.82, 2.24) is 9.13 Å². The number of unbranched alkanes of at least 4 members (excludes halogenated alkanes) is 10. The second-order valence-electron chi connectivity index (χ2n) is 12.8. The van der Waals surface area contributed by atoms with Crippen molar-refractivity contribution in [3.63, 3.8) is 0 Å². The number of hydrogen-bond donors (Lipinski definition) is 0. The lowest BCUT2D eigenvalue weighted by Gasteiger charge is -2.08. The SMILES string of the molecule is CCCCCCCCc1ccc(-n2cc(-c3cccs3)c3c2c(-c2cccs2)cn3-c2ccc(CCCCCCCC)cc2)cc1. The molecule has 4 heteroatoms. The number of benzene rings is 2.